The van der Waals surface area contributed by atoms with E-state index < -0.39 is 22.2 Å². The van der Waals surface area contributed by atoms with E-state index in [0.29, 0.717) is 26.9 Å². The maximum Gasteiger partial charge on any atom is 0.314 e. The van der Waals surface area contributed by atoms with E-state index in [9.17, 15) is 15.2 Å². The first-order valence-electron chi connectivity index (χ1n) is 8.93. The predicted molar refractivity (Wildman–Crippen MR) is 115 cm³/mol. The molecule has 0 aromatic heterocycles. The number of hydrogen-bond acceptors (Lipinski definition) is 3. The number of nitriles is 1. The van der Waals surface area contributed by atoms with Crippen molar-refractivity contribution in [1.29, 1.82) is 5.26 Å². The lowest BCUT2D eigenvalue weighted by atomic mass is 9.69. The van der Waals surface area contributed by atoms with Crippen LogP contribution in [0, 0.1) is 33.5 Å². The summed E-state index contributed by atoms with van der Waals surface area (Å²) in [5.74, 6) is -0.0466. The number of nitrogens with zero attached hydrogens (tertiary/aromatic N) is 1. The average molecular weight is 507 g/mol. The zero-order valence-corrected chi connectivity index (χ0v) is 19.0. The van der Waals surface area contributed by atoms with Gasteiger partial charge in [0.05, 0.1) is 20.4 Å². The highest BCUT2D eigenvalue weighted by Crippen LogP contribution is 2.78. The normalized spacial score (nSPS) is 30.4. The Morgan fingerprint density at radius 2 is 1.93 bits per heavy atom. The molecule has 1 saturated carbocycles. The number of allylic oxidation sites excluding steroid dienone is 3. The second kappa shape index (κ2) is 7.20. The molecular formula is C22H21Br2NO3. The van der Waals surface area contributed by atoms with Crippen molar-refractivity contribution < 1.29 is 14.6 Å². The number of aliphatic carboxylic acids is 1. The molecule has 3 rings (SSSR count). The Kier molecular flexibility index (Phi) is 5.37. The van der Waals surface area contributed by atoms with E-state index >= 15 is 0 Å². The monoisotopic (exact) mass is 505 g/mol. The average Bonchev–Trinajstić information content (AvgIpc) is 3.12. The molecule has 1 N–H and O–H groups in total. The Morgan fingerprint density at radius 1 is 1.29 bits per heavy atom. The predicted octanol–water partition coefficient (Wildman–Crippen LogP) is 6.17. The lowest BCUT2D eigenvalue weighted by molar-refractivity contribution is -0.143. The third kappa shape index (κ3) is 3.05. The first kappa shape index (κ1) is 20.9. The van der Waals surface area contributed by atoms with Crippen LogP contribution in [-0.2, 0) is 4.79 Å². The second-order valence-corrected chi connectivity index (χ2v) is 10.8. The van der Waals surface area contributed by atoms with Gasteiger partial charge >= 0.3 is 5.97 Å². The fourth-order valence-electron chi connectivity index (χ4n) is 5.02. The molecule has 2 aliphatic carbocycles. The highest BCUT2D eigenvalue weighted by atomic mass is 79.9. The van der Waals surface area contributed by atoms with E-state index in [1.807, 2.05) is 57.2 Å². The van der Waals surface area contributed by atoms with E-state index in [2.05, 4.69) is 37.9 Å². The number of carbonyl (C=O) groups is 1. The molecular weight excluding hydrogens is 486 g/mol. The molecule has 1 aromatic carbocycles. The summed E-state index contributed by atoms with van der Waals surface area (Å²) in [5.41, 5.74) is -1.80. The van der Waals surface area contributed by atoms with Crippen LogP contribution >= 0.6 is 31.9 Å². The SMILES string of the molecule is CC1([C@H]2C(C)(C)[C@@]2(C=C(Br)Br)C(=O)O)CC=CC(Oc2ccccc2)=C1C#N. The van der Waals surface area contributed by atoms with Crippen molar-refractivity contribution in [1.82, 2.24) is 0 Å². The van der Waals surface area contributed by atoms with Crippen LogP contribution in [0.25, 0.3) is 0 Å². The van der Waals surface area contributed by atoms with E-state index in [0.717, 1.165) is 0 Å². The van der Waals surface area contributed by atoms with Crippen molar-refractivity contribution in [2.75, 3.05) is 0 Å². The lowest BCUT2D eigenvalue weighted by Crippen LogP contribution is -2.30. The van der Waals surface area contributed by atoms with Gasteiger partial charge in [-0.1, -0.05) is 45.0 Å². The van der Waals surface area contributed by atoms with Crippen LogP contribution < -0.4 is 4.74 Å². The molecule has 0 amide bonds. The molecule has 1 aromatic rings. The van der Waals surface area contributed by atoms with Crippen molar-refractivity contribution in [3.05, 3.63) is 63.3 Å². The molecule has 0 radical (unpaired) electrons. The molecule has 28 heavy (non-hydrogen) atoms. The van der Waals surface area contributed by atoms with Crippen LogP contribution in [0.5, 0.6) is 5.75 Å². The van der Waals surface area contributed by atoms with Crippen molar-refractivity contribution in [2.24, 2.45) is 22.2 Å². The summed E-state index contributed by atoms with van der Waals surface area (Å²) in [5, 5.41) is 20.1. The molecule has 0 bridgehead atoms. The van der Waals surface area contributed by atoms with Gasteiger partial charge in [0.2, 0.25) is 0 Å². The van der Waals surface area contributed by atoms with Crippen LogP contribution in [0.4, 0.5) is 0 Å². The van der Waals surface area contributed by atoms with Crippen molar-refractivity contribution >= 4 is 37.8 Å². The highest BCUT2D eigenvalue weighted by Gasteiger charge is 2.79. The number of hydrogen-bond donors (Lipinski definition) is 1. The van der Waals surface area contributed by atoms with Crippen LogP contribution in [0.1, 0.15) is 27.2 Å². The molecule has 1 unspecified atom stereocenters. The lowest BCUT2D eigenvalue weighted by Gasteiger charge is -2.34. The summed E-state index contributed by atoms with van der Waals surface area (Å²) in [6.07, 6.45) is 6.05. The molecule has 0 saturated heterocycles. The Bertz CT molecular complexity index is 938. The third-order valence-electron chi connectivity index (χ3n) is 6.20. The summed E-state index contributed by atoms with van der Waals surface area (Å²) in [7, 11) is 0. The minimum atomic E-state index is -1.09. The highest BCUT2D eigenvalue weighted by molar-refractivity contribution is 9.28. The minimum absolute atomic E-state index is 0.274. The van der Waals surface area contributed by atoms with E-state index in [4.69, 9.17) is 4.74 Å². The number of ether oxygens (including phenoxy) is 1. The van der Waals surface area contributed by atoms with Crippen molar-refractivity contribution in [3.63, 3.8) is 0 Å². The summed E-state index contributed by atoms with van der Waals surface area (Å²) < 4.78 is 6.59. The van der Waals surface area contributed by atoms with Crippen molar-refractivity contribution in [3.8, 4) is 11.8 Å². The van der Waals surface area contributed by atoms with Gasteiger partial charge in [0.25, 0.3) is 0 Å². The van der Waals surface area contributed by atoms with E-state index in [1.54, 1.807) is 12.2 Å². The van der Waals surface area contributed by atoms with Gasteiger partial charge in [-0.25, -0.2) is 0 Å². The third-order valence-corrected chi connectivity index (χ3v) is 6.66. The summed E-state index contributed by atoms with van der Waals surface area (Å²) >= 11 is 6.65. The summed E-state index contributed by atoms with van der Waals surface area (Å²) in [4.78, 5) is 12.4. The van der Waals surface area contributed by atoms with Gasteiger partial charge in [-0.3, -0.25) is 4.79 Å². The fourth-order valence-corrected chi connectivity index (χ4v) is 5.74. The van der Waals surface area contributed by atoms with Crippen molar-refractivity contribution in [2.45, 2.75) is 27.2 Å². The Balaban J connectivity index is 2.10. The number of carboxylic acid groups (broad SMARTS) is 1. The van der Waals surface area contributed by atoms with Gasteiger partial charge in [-0.15, -0.1) is 0 Å². The van der Waals surface area contributed by atoms with E-state index in [-0.39, 0.29) is 5.92 Å². The van der Waals surface area contributed by atoms with Gasteiger partial charge in [-0.05, 0) is 73.9 Å². The Morgan fingerprint density at radius 3 is 2.46 bits per heavy atom. The molecule has 6 heteroatoms. The van der Waals surface area contributed by atoms with Crippen LogP contribution in [0.2, 0.25) is 0 Å². The molecule has 0 heterocycles. The first-order valence-corrected chi connectivity index (χ1v) is 10.5. The summed E-state index contributed by atoms with van der Waals surface area (Å²) in [6.45, 7) is 5.86. The topological polar surface area (TPSA) is 70.3 Å². The minimum Gasteiger partial charge on any atom is -0.481 e. The van der Waals surface area contributed by atoms with Crippen LogP contribution in [0.3, 0.4) is 0 Å². The zero-order chi connectivity index (χ0) is 20.7. The maximum atomic E-state index is 12.4. The maximum absolute atomic E-state index is 12.4. The Labute approximate surface area is 181 Å². The molecule has 0 aliphatic heterocycles. The molecule has 1 fully saturated rings. The van der Waals surface area contributed by atoms with Gasteiger partial charge in [-0.2, -0.15) is 5.26 Å². The quantitative estimate of drug-likeness (QED) is 0.518. The number of carboxylic acids is 1. The smallest absolute Gasteiger partial charge is 0.314 e. The first-order chi connectivity index (χ1) is 13.1. The fraction of sp³-hybridized carbons (Fsp3) is 0.364. The number of halogens is 2. The van der Waals surface area contributed by atoms with Gasteiger partial charge in [0, 0.05) is 5.41 Å². The molecule has 0 spiro atoms. The molecule has 146 valence electrons. The summed E-state index contributed by atoms with van der Waals surface area (Å²) in [6, 6.07) is 11.6. The zero-order valence-electron chi connectivity index (χ0n) is 15.9. The van der Waals surface area contributed by atoms with Gasteiger partial charge in [0.1, 0.15) is 11.5 Å². The van der Waals surface area contributed by atoms with Gasteiger partial charge < -0.3 is 9.84 Å². The number of para-hydroxylation sites is 1. The Hall–Kier alpha value is -1.84. The van der Waals surface area contributed by atoms with Gasteiger partial charge in [0.15, 0.2) is 0 Å². The molecule has 2 aliphatic rings. The largest absolute Gasteiger partial charge is 0.481 e. The van der Waals surface area contributed by atoms with Crippen LogP contribution in [0.15, 0.2) is 63.3 Å². The molecule has 4 nitrogen and oxygen atoms in total. The number of benzene rings is 1. The van der Waals surface area contributed by atoms with E-state index in [1.165, 1.54) is 0 Å². The molecule has 3 atom stereocenters. The number of rotatable bonds is 5. The standard InChI is InChI=1S/C22H21Br2NO3/c1-20(2)18(22(20,19(26)27)12-17(23)24)21(3)11-7-10-16(15(21)13-25)28-14-8-5-4-6-9-14/h4-10,12,18H,11H2,1-3H3,(H,26,27)/t18-,21?,22-/m1/s1. The second-order valence-electron chi connectivity index (χ2n) is 8.05. The van der Waals surface area contributed by atoms with Crippen LogP contribution in [-0.4, -0.2) is 11.1 Å².